The average Bonchev–Trinajstić information content (AvgIpc) is 2.12. The summed E-state index contributed by atoms with van der Waals surface area (Å²) in [5, 5.41) is 9.92. The fourth-order valence-electron chi connectivity index (χ4n) is 0.317. The zero-order valence-corrected chi connectivity index (χ0v) is 7.64. The predicted molar refractivity (Wildman–Crippen MR) is 26.4 cm³/mol. The van der Waals surface area contributed by atoms with Gasteiger partial charge in [0.1, 0.15) is 0 Å². The molecule has 0 aromatic carbocycles. The summed E-state index contributed by atoms with van der Waals surface area (Å²) < 4.78 is 0. The molecule has 0 saturated heterocycles. The minimum atomic E-state index is -1.16. The molecule has 0 N–H and O–H groups in total. The van der Waals surface area contributed by atoms with E-state index in [1.165, 1.54) is 11.7 Å². The van der Waals surface area contributed by atoms with E-state index in [4.69, 9.17) is 0 Å². The Hall–Kier alpha value is 0.1000. The molecule has 0 amide bonds. The van der Waals surface area contributed by atoms with Gasteiger partial charge in [-0.1, -0.05) is 0 Å². The normalized spacial score (nSPS) is 8.00. The van der Waals surface area contributed by atoms with Gasteiger partial charge in [0, 0.05) is 6.20 Å². The van der Waals surface area contributed by atoms with Gasteiger partial charge < -0.3 is 9.90 Å². The number of carbonyl (C=O) groups excluding carboxylic acids is 1. The molecule has 1 aromatic rings. The van der Waals surface area contributed by atoms with E-state index < -0.39 is 5.97 Å². The van der Waals surface area contributed by atoms with Gasteiger partial charge in [-0.2, -0.15) is 0 Å². The van der Waals surface area contributed by atoms with Crippen LogP contribution in [0.25, 0.3) is 0 Å². The van der Waals surface area contributed by atoms with Gasteiger partial charge in [-0.25, -0.2) is 0 Å². The molecule has 0 aliphatic heterocycles. The van der Waals surface area contributed by atoms with Gasteiger partial charge in [-0.15, -0.1) is 11.3 Å². The SMILES string of the molecule is O=C([O-])c1cncs1.[Na+]. The zero-order valence-electron chi connectivity index (χ0n) is 4.83. The second-order valence-electron chi connectivity index (χ2n) is 1.15. The van der Waals surface area contributed by atoms with Gasteiger partial charge in [0.15, 0.2) is 0 Å². The van der Waals surface area contributed by atoms with Crippen LogP contribution in [0.5, 0.6) is 0 Å². The number of aromatic nitrogens is 1. The molecule has 0 bridgehead atoms. The van der Waals surface area contributed by atoms with Crippen molar-refractivity contribution in [2.24, 2.45) is 0 Å². The van der Waals surface area contributed by atoms with E-state index in [9.17, 15) is 9.90 Å². The van der Waals surface area contributed by atoms with E-state index in [0.29, 0.717) is 0 Å². The first-order valence-corrected chi connectivity index (χ1v) is 2.78. The third-order valence-electron chi connectivity index (χ3n) is 0.634. The number of aromatic carboxylic acids is 1. The number of hydrogen-bond acceptors (Lipinski definition) is 4. The van der Waals surface area contributed by atoms with Crippen LogP contribution in [0, 0.1) is 0 Å². The van der Waals surface area contributed by atoms with Crippen molar-refractivity contribution < 1.29 is 39.5 Å². The van der Waals surface area contributed by atoms with Crippen LogP contribution in [0.2, 0.25) is 0 Å². The monoisotopic (exact) mass is 151 g/mol. The molecule has 0 saturated carbocycles. The van der Waals surface area contributed by atoms with Crippen LogP contribution in [0.15, 0.2) is 11.7 Å². The Labute approximate surface area is 78.0 Å². The molecule has 3 nitrogen and oxygen atoms in total. The Bertz CT molecular complexity index is 186. The molecule has 0 radical (unpaired) electrons. The van der Waals surface area contributed by atoms with Crippen molar-refractivity contribution in [2.75, 3.05) is 0 Å². The third-order valence-corrected chi connectivity index (χ3v) is 1.39. The molecule has 0 aliphatic rings. The Morgan fingerprint density at radius 3 is 2.67 bits per heavy atom. The maximum absolute atomic E-state index is 9.92. The van der Waals surface area contributed by atoms with Crippen LogP contribution in [0.3, 0.4) is 0 Å². The van der Waals surface area contributed by atoms with Crippen molar-refractivity contribution in [3.8, 4) is 0 Å². The molecule has 1 rings (SSSR count). The average molecular weight is 151 g/mol. The van der Waals surface area contributed by atoms with Crippen LogP contribution in [-0.2, 0) is 0 Å². The van der Waals surface area contributed by atoms with Crippen molar-refractivity contribution in [1.82, 2.24) is 4.98 Å². The van der Waals surface area contributed by atoms with Crippen molar-refractivity contribution >= 4 is 17.3 Å². The Kier molecular flexibility index (Phi) is 4.05. The number of carboxylic acid groups (broad SMARTS) is 1. The second-order valence-corrected chi connectivity index (χ2v) is 2.04. The van der Waals surface area contributed by atoms with Gasteiger partial charge >= 0.3 is 29.6 Å². The van der Waals surface area contributed by atoms with Crippen LogP contribution in [0.4, 0.5) is 0 Å². The van der Waals surface area contributed by atoms with Gasteiger partial charge in [-0.3, -0.25) is 4.98 Å². The smallest absolute Gasteiger partial charge is 0.544 e. The zero-order chi connectivity index (χ0) is 5.98. The molecule has 0 unspecified atom stereocenters. The first-order valence-electron chi connectivity index (χ1n) is 1.90. The fraction of sp³-hybridized carbons (Fsp3) is 0. The molecule has 5 heteroatoms. The number of nitrogens with zero attached hydrogens (tertiary/aromatic N) is 1. The molecule has 1 heterocycles. The summed E-state index contributed by atoms with van der Waals surface area (Å²) in [7, 11) is 0. The predicted octanol–water partition coefficient (Wildman–Crippen LogP) is -3.49. The van der Waals surface area contributed by atoms with Gasteiger partial charge in [-0.05, 0) is 0 Å². The summed E-state index contributed by atoms with van der Waals surface area (Å²) in [6, 6.07) is 0. The molecular weight excluding hydrogens is 149 g/mol. The maximum atomic E-state index is 9.92. The summed E-state index contributed by atoms with van der Waals surface area (Å²) in [6.07, 6.45) is 1.26. The molecule has 1 aromatic heterocycles. The van der Waals surface area contributed by atoms with Crippen LogP contribution < -0.4 is 34.7 Å². The standard InChI is InChI=1S/C4H3NO2S.Na/c6-4(7)3-1-5-2-8-3;/h1-2H,(H,6,7);/q;+1/p-1. The number of carboxylic acids is 1. The first kappa shape index (κ1) is 9.10. The quantitative estimate of drug-likeness (QED) is 0.391. The molecular formula is C4H2NNaO2S. The van der Waals surface area contributed by atoms with Crippen molar-refractivity contribution in [1.29, 1.82) is 0 Å². The summed E-state index contributed by atoms with van der Waals surface area (Å²) >= 11 is 1.06. The van der Waals surface area contributed by atoms with Crippen LogP contribution in [-0.4, -0.2) is 11.0 Å². The van der Waals surface area contributed by atoms with E-state index >= 15 is 0 Å². The maximum Gasteiger partial charge on any atom is 1.00 e. The van der Waals surface area contributed by atoms with E-state index in [1.54, 1.807) is 0 Å². The minimum absolute atomic E-state index is 0. The number of hydrogen-bond donors (Lipinski definition) is 0. The molecule has 9 heavy (non-hydrogen) atoms. The minimum Gasteiger partial charge on any atom is -0.544 e. The molecule has 0 spiro atoms. The van der Waals surface area contributed by atoms with Crippen LogP contribution in [0.1, 0.15) is 9.67 Å². The molecule has 0 fully saturated rings. The Morgan fingerprint density at radius 2 is 2.44 bits per heavy atom. The van der Waals surface area contributed by atoms with Crippen molar-refractivity contribution in [3.63, 3.8) is 0 Å². The number of carbonyl (C=O) groups is 1. The van der Waals surface area contributed by atoms with Gasteiger partial charge in [0.2, 0.25) is 0 Å². The van der Waals surface area contributed by atoms with E-state index in [-0.39, 0.29) is 34.4 Å². The third kappa shape index (κ3) is 2.45. The summed E-state index contributed by atoms with van der Waals surface area (Å²) in [6.45, 7) is 0. The van der Waals surface area contributed by atoms with E-state index in [1.807, 2.05) is 0 Å². The van der Waals surface area contributed by atoms with Gasteiger partial charge in [0.25, 0.3) is 0 Å². The molecule has 0 atom stereocenters. The van der Waals surface area contributed by atoms with Crippen molar-refractivity contribution in [2.45, 2.75) is 0 Å². The first-order chi connectivity index (χ1) is 3.80. The summed E-state index contributed by atoms with van der Waals surface area (Å²) in [5.41, 5.74) is 1.45. The molecule has 0 aliphatic carbocycles. The molecule has 42 valence electrons. The van der Waals surface area contributed by atoms with Crippen LogP contribution >= 0.6 is 11.3 Å². The van der Waals surface area contributed by atoms with E-state index in [2.05, 4.69) is 4.98 Å². The Morgan fingerprint density at radius 1 is 1.78 bits per heavy atom. The second kappa shape index (κ2) is 4.00. The topological polar surface area (TPSA) is 53.0 Å². The number of rotatable bonds is 1. The van der Waals surface area contributed by atoms with E-state index in [0.717, 1.165) is 11.3 Å². The van der Waals surface area contributed by atoms with Gasteiger partial charge in [0.05, 0.1) is 16.4 Å². The number of thiazole rings is 1. The van der Waals surface area contributed by atoms with Crippen molar-refractivity contribution in [3.05, 3.63) is 16.6 Å². The fourth-order valence-corrected chi connectivity index (χ4v) is 0.770. The summed E-state index contributed by atoms with van der Waals surface area (Å²) in [5.74, 6) is -1.16. The largest absolute Gasteiger partial charge is 1.00 e. The Balaban J connectivity index is 0.000000640. The summed E-state index contributed by atoms with van der Waals surface area (Å²) in [4.78, 5) is 13.6.